The Bertz CT molecular complexity index is 454. The largest absolute Gasteiger partial charge is 0.374 e. The first kappa shape index (κ1) is 12.6. The summed E-state index contributed by atoms with van der Waals surface area (Å²) in [5.74, 6) is 0.175. The number of amides is 1. The lowest BCUT2D eigenvalue weighted by Gasteiger charge is -2.37. The van der Waals surface area contributed by atoms with E-state index < -0.39 is 0 Å². The van der Waals surface area contributed by atoms with Gasteiger partial charge in [0, 0.05) is 6.54 Å². The van der Waals surface area contributed by atoms with Gasteiger partial charge in [-0.05, 0) is 53.7 Å². The molecule has 0 spiro atoms. The quantitative estimate of drug-likeness (QED) is 0.791. The molecule has 1 aromatic heterocycles. The summed E-state index contributed by atoms with van der Waals surface area (Å²) in [4.78, 5) is 15.4. The van der Waals surface area contributed by atoms with Crippen molar-refractivity contribution < 1.29 is 9.53 Å². The van der Waals surface area contributed by atoms with Gasteiger partial charge in [-0.2, -0.15) is 0 Å². The van der Waals surface area contributed by atoms with E-state index >= 15 is 0 Å². The summed E-state index contributed by atoms with van der Waals surface area (Å²) >= 11 is 5.02. The maximum absolute atomic E-state index is 12.6. The van der Waals surface area contributed by atoms with Crippen LogP contribution in [-0.2, 0) is 4.74 Å². The lowest BCUT2D eigenvalue weighted by atomic mass is 10.1. The minimum Gasteiger partial charge on any atom is -0.374 e. The van der Waals surface area contributed by atoms with Gasteiger partial charge >= 0.3 is 0 Å². The number of ether oxygens (including phenoxy) is 1. The fourth-order valence-electron chi connectivity index (χ4n) is 2.88. The van der Waals surface area contributed by atoms with Crippen molar-refractivity contribution in [2.75, 3.05) is 13.2 Å². The fourth-order valence-corrected chi connectivity index (χ4v) is 4.38. The van der Waals surface area contributed by atoms with E-state index in [1.165, 1.54) is 17.8 Å². The number of carbonyl (C=O) groups excluding carboxylic acids is 1. The summed E-state index contributed by atoms with van der Waals surface area (Å²) in [6.45, 7) is 3.43. The Balaban J connectivity index is 1.83. The normalized spacial score (nSPS) is 27.3. The maximum Gasteiger partial charge on any atom is 0.264 e. The highest BCUT2D eigenvalue weighted by molar-refractivity contribution is 9.11. The van der Waals surface area contributed by atoms with Crippen LogP contribution in [-0.4, -0.2) is 36.1 Å². The predicted octanol–water partition coefficient (Wildman–Crippen LogP) is 3.21. The molecule has 1 aliphatic heterocycles. The minimum atomic E-state index is 0.175. The van der Waals surface area contributed by atoms with E-state index in [2.05, 4.69) is 15.9 Å². The van der Waals surface area contributed by atoms with Crippen molar-refractivity contribution in [1.29, 1.82) is 0 Å². The van der Waals surface area contributed by atoms with Gasteiger partial charge in [0.25, 0.3) is 5.91 Å². The van der Waals surface area contributed by atoms with Gasteiger partial charge in [-0.1, -0.05) is 0 Å². The molecule has 0 bridgehead atoms. The molecule has 2 atom stereocenters. The molecule has 0 aromatic carbocycles. The predicted molar refractivity (Wildman–Crippen MR) is 75.2 cm³/mol. The van der Waals surface area contributed by atoms with Crippen LogP contribution in [0.2, 0.25) is 0 Å². The number of morpholine rings is 1. The molecule has 1 aliphatic carbocycles. The standard InChI is InChI=1S/C13H16BrNO2S/c1-8-7-11(18-12(8)14)13(16)15-5-6-17-10-4-2-3-9(10)15/h7,9-10H,2-6H2,1H3. The van der Waals surface area contributed by atoms with Gasteiger partial charge in [0.1, 0.15) is 0 Å². The van der Waals surface area contributed by atoms with Crippen LogP contribution in [0, 0.1) is 6.92 Å². The SMILES string of the molecule is Cc1cc(C(=O)N2CCOC3CCCC32)sc1Br. The molecule has 18 heavy (non-hydrogen) atoms. The number of nitrogens with zero attached hydrogens (tertiary/aromatic N) is 1. The molecule has 0 N–H and O–H groups in total. The van der Waals surface area contributed by atoms with Crippen LogP contribution in [0.25, 0.3) is 0 Å². The van der Waals surface area contributed by atoms with Crippen molar-refractivity contribution in [3.8, 4) is 0 Å². The molecular formula is C13H16BrNO2S. The van der Waals surface area contributed by atoms with Crippen molar-refractivity contribution in [1.82, 2.24) is 4.90 Å². The Labute approximate surface area is 119 Å². The first-order valence-electron chi connectivity index (χ1n) is 6.35. The van der Waals surface area contributed by atoms with Gasteiger partial charge in [0.2, 0.25) is 0 Å². The Hall–Kier alpha value is -0.390. The zero-order valence-electron chi connectivity index (χ0n) is 10.3. The lowest BCUT2D eigenvalue weighted by molar-refractivity contribution is -0.0443. The third kappa shape index (κ3) is 2.12. The van der Waals surface area contributed by atoms with E-state index in [0.29, 0.717) is 12.6 Å². The topological polar surface area (TPSA) is 29.5 Å². The Kier molecular flexibility index (Phi) is 3.47. The third-order valence-electron chi connectivity index (χ3n) is 3.81. The van der Waals surface area contributed by atoms with Crippen molar-refractivity contribution in [3.63, 3.8) is 0 Å². The van der Waals surface area contributed by atoms with Crippen LogP contribution >= 0.6 is 27.3 Å². The highest BCUT2D eigenvalue weighted by Crippen LogP contribution is 2.33. The van der Waals surface area contributed by atoms with Crippen molar-refractivity contribution in [2.24, 2.45) is 0 Å². The molecule has 98 valence electrons. The Morgan fingerprint density at radius 1 is 1.56 bits per heavy atom. The smallest absolute Gasteiger partial charge is 0.264 e. The van der Waals surface area contributed by atoms with E-state index in [4.69, 9.17) is 4.74 Å². The Morgan fingerprint density at radius 2 is 2.39 bits per heavy atom. The first-order chi connectivity index (χ1) is 8.66. The number of halogens is 1. The number of hydrogen-bond donors (Lipinski definition) is 0. The number of fused-ring (bicyclic) bond motifs is 1. The molecule has 1 saturated carbocycles. The molecule has 3 rings (SSSR count). The van der Waals surface area contributed by atoms with Crippen LogP contribution in [0.4, 0.5) is 0 Å². The minimum absolute atomic E-state index is 0.175. The highest BCUT2D eigenvalue weighted by Gasteiger charge is 2.38. The van der Waals surface area contributed by atoms with Crippen molar-refractivity contribution in [3.05, 3.63) is 20.3 Å². The summed E-state index contributed by atoms with van der Waals surface area (Å²) in [6, 6.07) is 2.28. The van der Waals surface area contributed by atoms with Crippen molar-refractivity contribution >= 4 is 33.2 Å². The monoisotopic (exact) mass is 329 g/mol. The lowest BCUT2D eigenvalue weighted by Crippen LogP contribution is -2.51. The van der Waals surface area contributed by atoms with Gasteiger partial charge < -0.3 is 9.64 Å². The summed E-state index contributed by atoms with van der Waals surface area (Å²) in [5.41, 5.74) is 1.14. The molecule has 3 nitrogen and oxygen atoms in total. The van der Waals surface area contributed by atoms with Gasteiger partial charge in [-0.25, -0.2) is 0 Å². The van der Waals surface area contributed by atoms with E-state index in [0.717, 1.165) is 33.6 Å². The molecule has 2 unspecified atom stereocenters. The average molecular weight is 330 g/mol. The van der Waals surface area contributed by atoms with Crippen molar-refractivity contribution in [2.45, 2.75) is 38.3 Å². The molecule has 2 fully saturated rings. The molecule has 2 aliphatic rings. The molecule has 2 heterocycles. The van der Waals surface area contributed by atoms with Gasteiger partial charge in [-0.15, -0.1) is 11.3 Å². The summed E-state index contributed by atoms with van der Waals surface area (Å²) in [6.07, 6.45) is 3.63. The number of aryl methyl sites for hydroxylation is 1. The summed E-state index contributed by atoms with van der Waals surface area (Å²) in [5, 5.41) is 0. The van der Waals surface area contributed by atoms with Gasteiger partial charge in [-0.3, -0.25) is 4.79 Å². The second-order valence-corrected chi connectivity index (χ2v) is 7.34. The number of carbonyl (C=O) groups is 1. The highest BCUT2D eigenvalue weighted by atomic mass is 79.9. The van der Waals surface area contributed by atoms with E-state index in [9.17, 15) is 4.79 Å². The summed E-state index contributed by atoms with van der Waals surface area (Å²) in [7, 11) is 0. The number of rotatable bonds is 1. The van der Waals surface area contributed by atoms with E-state index in [-0.39, 0.29) is 12.0 Å². The molecular weight excluding hydrogens is 314 g/mol. The van der Waals surface area contributed by atoms with E-state index in [1.807, 2.05) is 17.9 Å². The van der Waals surface area contributed by atoms with Crippen LogP contribution in [0.15, 0.2) is 9.85 Å². The van der Waals surface area contributed by atoms with Gasteiger partial charge in [0.05, 0.1) is 27.4 Å². The van der Waals surface area contributed by atoms with Gasteiger partial charge in [0.15, 0.2) is 0 Å². The molecule has 0 radical (unpaired) electrons. The molecule has 1 saturated heterocycles. The average Bonchev–Trinajstić information content (AvgIpc) is 2.95. The van der Waals surface area contributed by atoms with Crippen LogP contribution in [0.3, 0.4) is 0 Å². The van der Waals surface area contributed by atoms with Crippen LogP contribution in [0.1, 0.15) is 34.5 Å². The first-order valence-corrected chi connectivity index (χ1v) is 7.96. The van der Waals surface area contributed by atoms with Crippen LogP contribution < -0.4 is 0 Å². The third-order valence-corrected chi connectivity index (χ3v) is 5.94. The second-order valence-electron chi connectivity index (χ2n) is 4.97. The maximum atomic E-state index is 12.6. The summed E-state index contributed by atoms with van der Waals surface area (Å²) < 4.78 is 6.80. The number of thiophene rings is 1. The fraction of sp³-hybridized carbons (Fsp3) is 0.615. The molecule has 5 heteroatoms. The number of hydrogen-bond acceptors (Lipinski definition) is 3. The zero-order valence-corrected chi connectivity index (χ0v) is 12.7. The second kappa shape index (κ2) is 4.94. The van der Waals surface area contributed by atoms with Crippen LogP contribution in [0.5, 0.6) is 0 Å². The molecule has 1 amide bonds. The zero-order chi connectivity index (χ0) is 12.7. The Morgan fingerprint density at radius 3 is 3.11 bits per heavy atom. The molecule has 1 aromatic rings. The van der Waals surface area contributed by atoms with E-state index in [1.54, 1.807) is 0 Å².